The lowest BCUT2D eigenvalue weighted by molar-refractivity contribution is -0.125. The van der Waals surface area contributed by atoms with E-state index in [1.165, 1.54) is 11.8 Å². The fraction of sp³-hybridized carbons (Fsp3) is 0.421. The van der Waals surface area contributed by atoms with Crippen LogP contribution in [0, 0.1) is 12.8 Å². The molecule has 0 aliphatic rings. The molecule has 0 aliphatic heterocycles. The van der Waals surface area contributed by atoms with Gasteiger partial charge in [-0.3, -0.25) is 4.79 Å². The Morgan fingerprint density at radius 1 is 1.27 bits per heavy atom. The van der Waals surface area contributed by atoms with Crippen LogP contribution in [0.1, 0.15) is 42.6 Å². The summed E-state index contributed by atoms with van der Waals surface area (Å²) in [6.45, 7) is 7.48. The second kappa shape index (κ2) is 9.43. The zero-order valence-corrected chi connectivity index (χ0v) is 16.3. The van der Waals surface area contributed by atoms with Crippen molar-refractivity contribution in [2.24, 2.45) is 5.92 Å². The molecular formula is C19H24N2O4S. The van der Waals surface area contributed by atoms with Crippen molar-refractivity contribution in [1.82, 2.24) is 10.5 Å². The number of thioether (sulfide) groups is 1. The van der Waals surface area contributed by atoms with E-state index < -0.39 is 5.97 Å². The molecule has 6 nitrogen and oxygen atoms in total. The zero-order valence-electron chi connectivity index (χ0n) is 15.4. The quantitative estimate of drug-likeness (QED) is 0.560. The molecule has 0 unspecified atom stereocenters. The number of carbonyl (C=O) groups is 2. The van der Waals surface area contributed by atoms with Crippen molar-refractivity contribution in [2.75, 3.05) is 6.61 Å². The summed E-state index contributed by atoms with van der Waals surface area (Å²) in [4.78, 5) is 25.0. The summed E-state index contributed by atoms with van der Waals surface area (Å²) in [6.07, 6.45) is 0. The predicted molar refractivity (Wildman–Crippen MR) is 100.0 cm³/mol. The number of amides is 1. The van der Waals surface area contributed by atoms with Gasteiger partial charge in [-0.25, -0.2) is 4.79 Å². The van der Waals surface area contributed by atoms with Crippen molar-refractivity contribution in [2.45, 2.75) is 44.4 Å². The lowest BCUT2D eigenvalue weighted by atomic mass is 10.1. The van der Waals surface area contributed by atoms with Gasteiger partial charge >= 0.3 is 5.97 Å². The van der Waals surface area contributed by atoms with E-state index in [2.05, 4.69) is 10.5 Å². The van der Waals surface area contributed by atoms with E-state index >= 15 is 0 Å². The molecular weight excluding hydrogens is 352 g/mol. The Labute approximate surface area is 157 Å². The number of nitrogens with one attached hydrogen (secondary N) is 1. The van der Waals surface area contributed by atoms with E-state index in [0.29, 0.717) is 17.2 Å². The van der Waals surface area contributed by atoms with Gasteiger partial charge in [-0.15, -0.1) is 11.8 Å². The summed E-state index contributed by atoms with van der Waals surface area (Å²) in [5, 5.41) is 6.75. The van der Waals surface area contributed by atoms with Crippen LogP contribution < -0.4 is 5.32 Å². The highest BCUT2D eigenvalue weighted by molar-refractivity contribution is 7.98. The Morgan fingerprint density at radius 3 is 2.65 bits per heavy atom. The zero-order chi connectivity index (χ0) is 19.1. The highest BCUT2D eigenvalue weighted by Gasteiger charge is 2.16. The Hall–Kier alpha value is -2.28. The first kappa shape index (κ1) is 20.0. The van der Waals surface area contributed by atoms with Crippen molar-refractivity contribution in [3.05, 3.63) is 47.3 Å². The Kier molecular flexibility index (Phi) is 7.26. The molecule has 140 valence electrons. The van der Waals surface area contributed by atoms with E-state index in [0.717, 1.165) is 16.3 Å². The van der Waals surface area contributed by atoms with E-state index in [-0.39, 0.29) is 18.6 Å². The van der Waals surface area contributed by atoms with Crippen molar-refractivity contribution in [1.29, 1.82) is 0 Å². The summed E-state index contributed by atoms with van der Waals surface area (Å²) in [5.74, 6) is 0.815. The van der Waals surface area contributed by atoms with E-state index in [4.69, 9.17) is 9.26 Å². The molecule has 0 fully saturated rings. The SMILES string of the molecule is Cc1cc(CSc2ccccc2C(=O)OCC(=O)N[C@H](C)C(C)C)no1. The summed E-state index contributed by atoms with van der Waals surface area (Å²) in [5.41, 5.74) is 1.24. The Morgan fingerprint density at radius 2 is 2.00 bits per heavy atom. The second-order valence-electron chi connectivity index (χ2n) is 6.39. The van der Waals surface area contributed by atoms with Crippen LogP contribution in [0.5, 0.6) is 0 Å². The van der Waals surface area contributed by atoms with Crippen LogP contribution in [0.4, 0.5) is 0 Å². The Balaban J connectivity index is 1.93. The first-order valence-corrected chi connectivity index (χ1v) is 9.46. The summed E-state index contributed by atoms with van der Waals surface area (Å²) in [7, 11) is 0. The lowest BCUT2D eigenvalue weighted by Gasteiger charge is -2.17. The van der Waals surface area contributed by atoms with Crippen LogP contribution in [-0.2, 0) is 15.3 Å². The van der Waals surface area contributed by atoms with Crippen LogP contribution in [0.3, 0.4) is 0 Å². The third-order valence-corrected chi connectivity index (χ3v) is 4.99. The van der Waals surface area contributed by atoms with Crippen molar-refractivity contribution in [3.63, 3.8) is 0 Å². The van der Waals surface area contributed by atoms with Crippen LogP contribution in [0.15, 0.2) is 39.8 Å². The minimum Gasteiger partial charge on any atom is -0.452 e. The van der Waals surface area contributed by atoms with Gasteiger partial charge in [-0.1, -0.05) is 31.1 Å². The number of hydrogen-bond donors (Lipinski definition) is 1. The van der Waals surface area contributed by atoms with Crippen LogP contribution in [0.25, 0.3) is 0 Å². The third kappa shape index (κ3) is 5.91. The molecule has 1 aromatic heterocycles. The largest absolute Gasteiger partial charge is 0.452 e. The van der Waals surface area contributed by atoms with Gasteiger partial charge in [0, 0.05) is 22.8 Å². The van der Waals surface area contributed by atoms with Crippen molar-refractivity contribution < 1.29 is 18.8 Å². The molecule has 7 heteroatoms. The fourth-order valence-corrected chi connectivity index (χ4v) is 2.99. The molecule has 1 heterocycles. The van der Waals surface area contributed by atoms with Gasteiger partial charge in [0.1, 0.15) is 5.76 Å². The first-order valence-electron chi connectivity index (χ1n) is 8.47. The molecule has 1 aromatic carbocycles. The molecule has 0 aliphatic carbocycles. The number of ether oxygens (including phenoxy) is 1. The molecule has 26 heavy (non-hydrogen) atoms. The monoisotopic (exact) mass is 376 g/mol. The van der Waals surface area contributed by atoms with Gasteiger partial charge in [-0.2, -0.15) is 0 Å². The van der Waals surface area contributed by atoms with Crippen LogP contribution in [-0.4, -0.2) is 29.7 Å². The number of benzene rings is 1. The molecule has 0 spiro atoms. The van der Waals surface area contributed by atoms with E-state index in [1.807, 2.05) is 45.9 Å². The molecule has 1 atom stereocenters. The predicted octanol–water partition coefficient (Wildman–Crippen LogP) is 3.59. The number of hydrogen-bond acceptors (Lipinski definition) is 6. The molecule has 0 saturated heterocycles. The van der Waals surface area contributed by atoms with E-state index in [1.54, 1.807) is 12.1 Å². The van der Waals surface area contributed by atoms with Gasteiger partial charge in [-0.05, 0) is 31.9 Å². The van der Waals surface area contributed by atoms with Crippen LogP contribution in [0.2, 0.25) is 0 Å². The molecule has 1 N–H and O–H groups in total. The summed E-state index contributed by atoms with van der Waals surface area (Å²) in [6, 6.07) is 9.03. The number of rotatable bonds is 8. The second-order valence-corrected chi connectivity index (χ2v) is 7.41. The first-order chi connectivity index (χ1) is 12.4. The topological polar surface area (TPSA) is 81.4 Å². The fourth-order valence-electron chi connectivity index (χ4n) is 2.07. The maximum Gasteiger partial charge on any atom is 0.339 e. The number of esters is 1. The van der Waals surface area contributed by atoms with Crippen molar-refractivity contribution >= 4 is 23.6 Å². The normalized spacial score (nSPS) is 12.0. The van der Waals surface area contributed by atoms with Gasteiger partial charge in [0.05, 0.1) is 11.3 Å². The highest BCUT2D eigenvalue weighted by Crippen LogP contribution is 2.26. The number of carbonyl (C=O) groups excluding carboxylic acids is 2. The molecule has 2 aromatic rings. The van der Waals surface area contributed by atoms with Gasteiger partial charge in [0.25, 0.3) is 5.91 Å². The molecule has 2 rings (SSSR count). The van der Waals surface area contributed by atoms with Gasteiger partial charge in [0.2, 0.25) is 0 Å². The Bertz CT molecular complexity index is 758. The molecule has 1 amide bonds. The smallest absolute Gasteiger partial charge is 0.339 e. The average Bonchev–Trinajstić information content (AvgIpc) is 3.03. The summed E-state index contributed by atoms with van der Waals surface area (Å²) < 4.78 is 10.2. The standard InChI is InChI=1S/C19H24N2O4S/c1-12(2)14(4)20-18(22)10-24-19(23)16-7-5-6-8-17(16)26-11-15-9-13(3)25-21-15/h5-9,12,14H,10-11H2,1-4H3,(H,20,22)/t14-/m1/s1. The number of aromatic nitrogens is 1. The number of nitrogens with zero attached hydrogens (tertiary/aromatic N) is 1. The summed E-state index contributed by atoms with van der Waals surface area (Å²) >= 11 is 1.47. The molecule has 0 bridgehead atoms. The highest BCUT2D eigenvalue weighted by atomic mass is 32.2. The molecule has 0 saturated carbocycles. The maximum atomic E-state index is 12.4. The van der Waals surface area contributed by atoms with E-state index in [9.17, 15) is 9.59 Å². The number of aryl methyl sites for hydroxylation is 1. The minimum atomic E-state index is -0.517. The molecule has 0 radical (unpaired) electrons. The minimum absolute atomic E-state index is 0.0231. The van der Waals surface area contributed by atoms with Crippen LogP contribution >= 0.6 is 11.8 Å². The third-order valence-electron chi connectivity index (χ3n) is 3.88. The lowest BCUT2D eigenvalue weighted by Crippen LogP contribution is -2.38. The average molecular weight is 376 g/mol. The van der Waals surface area contributed by atoms with Gasteiger partial charge < -0.3 is 14.6 Å². The van der Waals surface area contributed by atoms with Gasteiger partial charge in [0.15, 0.2) is 6.61 Å². The van der Waals surface area contributed by atoms with Crippen molar-refractivity contribution in [3.8, 4) is 0 Å². The maximum absolute atomic E-state index is 12.4.